The van der Waals surface area contributed by atoms with Gasteiger partial charge < -0.3 is 10.6 Å². The van der Waals surface area contributed by atoms with Gasteiger partial charge >= 0.3 is 6.18 Å². The Hall–Kier alpha value is -8.14. The van der Waals surface area contributed by atoms with E-state index in [4.69, 9.17) is 0 Å². The predicted octanol–water partition coefficient (Wildman–Crippen LogP) is 12.0. The van der Waals surface area contributed by atoms with Crippen molar-refractivity contribution in [2.75, 3.05) is 0 Å². The molecule has 0 unspecified atom stereocenters. The van der Waals surface area contributed by atoms with Crippen LogP contribution in [-0.2, 0) is 25.2 Å². The summed E-state index contributed by atoms with van der Waals surface area (Å²) >= 11 is 0. The second-order valence-electron chi connectivity index (χ2n) is 16.4. The van der Waals surface area contributed by atoms with Crippen molar-refractivity contribution in [1.29, 1.82) is 0 Å². The zero-order chi connectivity index (χ0) is 49.5. The van der Waals surface area contributed by atoms with Crippen LogP contribution in [0.3, 0.4) is 0 Å². The van der Waals surface area contributed by atoms with E-state index in [0.29, 0.717) is 39.2 Å². The summed E-state index contributed by atoms with van der Waals surface area (Å²) in [5, 5.41) is 5.78. The Morgan fingerprint density at radius 2 is 1.03 bits per heavy atom. The number of benzene rings is 2. The van der Waals surface area contributed by atoms with Crippen molar-refractivity contribution in [1.82, 2.24) is 45.5 Å². The van der Waals surface area contributed by atoms with Crippen LogP contribution in [-0.4, -0.2) is 46.7 Å². The van der Waals surface area contributed by atoms with E-state index in [0.717, 1.165) is 75.1 Å². The molecule has 2 amide bonds. The molecule has 16 heteroatoms. The lowest BCUT2D eigenvalue weighted by molar-refractivity contribution is -0.141. The Morgan fingerprint density at radius 3 is 1.50 bits per heavy atom. The third-order valence-corrected chi connectivity index (χ3v) is 11.1. The van der Waals surface area contributed by atoms with E-state index in [9.17, 15) is 31.5 Å². The number of rotatable bonds is 11. The van der Waals surface area contributed by atoms with Crippen LogP contribution in [0.4, 0.5) is 22.0 Å². The van der Waals surface area contributed by atoms with Crippen molar-refractivity contribution in [2.24, 2.45) is 0 Å². The molecule has 2 N–H and O–H groups in total. The first kappa shape index (κ1) is 51.3. The summed E-state index contributed by atoms with van der Waals surface area (Å²) in [7, 11) is 0. The molecule has 0 aliphatic rings. The summed E-state index contributed by atoms with van der Waals surface area (Å²) in [6.07, 6.45) is 7.80. The third kappa shape index (κ3) is 12.5. The second-order valence-corrected chi connectivity index (χ2v) is 16.4. The van der Waals surface area contributed by atoms with Crippen molar-refractivity contribution in [3.8, 4) is 45.0 Å². The van der Waals surface area contributed by atoms with Crippen LogP contribution in [0.5, 0.6) is 0 Å². The molecule has 0 bridgehead atoms. The van der Waals surface area contributed by atoms with Gasteiger partial charge in [0.05, 0.1) is 29.0 Å². The highest BCUT2D eigenvalue weighted by molar-refractivity contribution is 5.95. The number of aromatic nitrogens is 7. The maximum atomic E-state index is 13.6. The first-order valence-corrected chi connectivity index (χ1v) is 21.6. The molecule has 0 radical (unpaired) electrons. The van der Waals surface area contributed by atoms with E-state index < -0.39 is 17.8 Å². The number of halogens is 5. The zero-order valence-corrected chi connectivity index (χ0v) is 38.5. The highest BCUT2D eigenvalue weighted by atomic mass is 19.4. The molecule has 11 nitrogen and oxygen atoms in total. The normalized spacial score (nSPS) is 11.2. The number of amides is 2. The average Bonchev–Trinajstić information content (AvgIpc) is 3.33. The highest BCUT2D eigenvalue weighted by Gasteiger charge is 2.33. The number of aryl methyl sites for hydroxylation is 5. The number of alkyl halides is 5. The van der Waals surface area contributed by atoms with Crippen LogP contribution in [0.25, 0.3) is 45.0 Å². The maximum Gasteiger partial charge on any atom is 0.433 e. The molecule has 0 saturated carbocycles. The lowest BCUT2D eigenvalue weighted by Gasteiger charge is -2.13. The van der Waals surface area contributed by atoms with E-state index in [1.807, 2.05) is 70.2 Å². The Morgan fingerprint density at radius 1 is 0.500 bits per heavy atom. The van der Waals surface area contributed by atoms with Crippen molar-refractivity contribution in [3.05, 3.63) is 196 Å². The number of hydrogen-bond donors (Lipinski definition) is 2. The van der Waals surface area contributed by atoms with Gasteiger partial charge in [0.15, 0.2) is 0 Å². The van der Waals surface area contributed by atoms with Gasteiger partial charge in [0, 0.05) is 96.8 Å². The number of hydrogen-bond acceptors (Lipinski definition) is 9. The number of nitrogens with zero attached hydrogens (tertiary/aromatic N) is 7. The van der Waals surface area contributed by atoms with Gasteiger partial charge in [-0.2, -0.15) is 22.0 Å². The number of carbonyl (C=O) groups is 2. The molecule has 2 aromatic carbocycles. The molecule has 0 spiro atoms. The van der Waals surface area contributed by atoms with E-state index in [2.05, 4.69) is 45.5 Å². The van der Waals surface area contributed by atoms with Crippen LogP contribution < -0.4 is 10.6 Å². The summed E-state index contributed by atoms with van der Waals surface area (Å²) in [4.78, 5) is 54.2. The SMILES string of the molecule is C.Cc1cc(C(=O)NCc2cnc(-c3ccnc(C(C)(F)F)c3)c(C)c2)ccc1-c1cnccn1.Cc1cc(C(=O)NCc2cnc(-c3ccnc(C(F)(F)F)c3)c(C)c2)ccc1-c1ncccc1C. The molecule has 0 aliphatic carbocycles. The molecule has 358 valence electrons. The smallest absolute Gasteiger partial charge is 0.348 e. The summed E-state index contributed by atoms with van der Waals surface area (Å²) in [6, 6.07) is 23.9. The van der Waals surface area contributed by atoms with E-state index >= 15 is 0 Å². The van der Waals surface area contributed by atoms with Gasteiger partial charge in [0.25, 0.3) is 17.7 Å². The van der Waals surface area contributed by atoms with Crippen molar-refractivity contribution in [3.63, 3.8) is 0 Å². The van der Waals surface area contributed by atoms with Crippen LogP contribution in [0.15, 0.2) is 135 Å². The first-order chi connectivity index (χ1) is 32.8. The molecule has 0 saturated heterocycles. The summed E-state index contributed by atoms with van der Waals surface area (Å²) < 4.78 is 66.2. The van der Waals surface area contributed by atoms with E-state index in [-0.39, 0.29) is 38.0 Å². The first-order valence-electron chi connectivity index (χ1n) is 21.6. The van der Waals surface area contributed by atoms with E-state index in [1.54, 1.807) is 68.4 Å². The molecule has 6 aromatic heterocycles. The van der Waals surface area contributed by atoms with Gasteiger partial charge in [0.2, 0.25) is 0 Å². The summed E-state index contributed by atoms with van der Waals surface area (Å²) in [6.45, 7) is 10.8. The second kappa shape index (κ2) is 21.9. The van der Waals surface area contributed by atoms with Crippen molar-refractivity contribution in [2.45, 2.75) is 74.2 Å². The minimum absolute atomic E-state index is 0. The van der Waals surface area contributed by atoms with Crippen molar-refractivity contribution < 1.29 is 31.5 Å². The largest absolute Gasteiger partial charge is 0.433 e. The van der Waals surface area contributed by atoms with Crippen molar-refractivity contribution >= 4 is 11.8 Å². The minimum atomic E-state index is -4.53. The van der Waals surface area contributed by atoms with E-state index in [1.165, 1.54) is 18.3 Å². The van der Waals surface area contributed by atoms with Crippen LogP contribution in [0.2, 0.25) is 0 Å². The number of pyridine rings is 5. The van der Waals surface area contributed by atoms with Crippen LogP contribution in [0, 0.1) is 34.6 Å². The predicted molar refractivity (Wildman–Crippen MR) is 259 cm³/mol. The number of carbonyl (C=O) groups excluding carboxylic acids is 2. The lowest BCUT2D eigenvalue weighted by Crippen LogP contribution is -2.23. The standard InChI is InChI=1S/C27H23F3N4O.C26H23F2N5O.CH4/c1-16-5-4-9-32-25(16)22-7-6-21(12-17(22)2)26(35)34-15-19-11-18(3)24(33-14-19)20-8-10-31-23(13-20)27(28,29)30;1-16-11-20(4-5-21(16)22-15-29-8-9-30-22)25(34)33-14-18-10-17(2)24(32-13-18)19-6-7-31-23(12-19)26(3,27)28;/h4-14H,15H2,1-3H3,(H,34,35);4-13,15H,14H2,1-3H3,(H,33,34);1H4. The molecular formula is C54H50F5N9O2. The van der Waals surface area contributed by atoms with Crippen LogP contribution in [0.1, 0.15) is 85.4 Å². The molecule has 0 aliphatic heterocycles. The molecule has 0 atom stereocenters. The maximum absolute atomic E-state index is 13.6. The fourth-order valence-corrected chi connectivity index (χ4v) is 7.55. The molecular weight excluding hydrogens is 902 g/mol. The van der Waals surface area contributed by atoms with Gasteiger partial charge in [-0.1, -0.05) is 37.8 Å². The lowest BCUT2D eigenvalue weighted by atomic mass is 9.99. The van der Waals surface area contributed by atoms with Gasteiger partial charge in [-0.05, 0) is 128 Å². The zero-order valence-electron chi connectivity index (χ0n) is 38.5. The molecule has 6 heterocycles. The van der Waals surface area contributed by atoms with Gasteiger partial charge in [-0.15, -0.1) is 0 Å². The molecule has 8 aromatic rings. The topological polar surface area (TPSA) is 148 Å². The van der Waals surface area contributed by atoms with Gasteiger partial charge in [-0.25, -0.2) is 0 Å². The Bertz CT molecular complexity index is 3160. The van der Waals surface area contributed by atoms with Crippen LogP contribution >= 0.6 is 0 Å². The fourth-order valence-electron chi connectivity index (χ4n) is 7.55. The Balaban J connectivity index is 0.000000226. The third-order valence-electron chi connectivity index (χ3n) is 11.1. The number of nitrogens with one attached hydrogen (secondary N) is 2. The molecule has 0 fully saturated rings. The fraction of sp³-hybridized carbons (Fsp3) is 0.204. The Kier molecular flexibility index (Phi) is 16.0. The molecule has 70 heavy (non-hydrogen) atoms. The quantitative estimate of drug-likeness (QED) is 0.121. The molecule has 8 rings (SSSR count). The monoisotopic (exact) mass is 951 g/mol. The summed E-state index contributed by atoms with van der Waals surface area (Å²) in [5.41, 5.74) is 11.2. The minimum Gasteiger partial charge on any atom is -0.348 e. The van der Waals surface area contributed by atoms with Gasteiger partial charge in [-0.3, -0.25) is 44.5 Å². The average molecular weight is 952 g/mol. The Labute approximate surface area is 402 Å². The van der Waals surface area contributed by atoms with Gasteiger partial charge in [0.1, 0.15) is 11.4 Å². The highest BCUT2D eigenvalue weighted by Crippen LogP contribution is 2.32. The summed E-state index contributed by atoms with van der Waals surface area (Å²) in [5.74, 6) is -3.47.